The number of rotatable bonds is 6. The van der Waals surface area contributed by atoms with Gasteiger partial charge in [0.1, 0.15) is 6.61 Å². The molecule has 0 aliphatic carbocycles. The van der Waals surface area contributed by atoms with Crippen LogP contribution in [0.5, 0.6) is 0 Å². The molecule has 0 heterocycles. The fourth-order valence-corrected chi connectivity index (χ4v) is 0.919. The third-order valence-electron chi connectivity index (χ3n) is 1.66. The predicted molar refractivity (Wildman–Crippen MR) is 46.9 cm³/mol. The minimum Gasteiger partial charge on any atom is -0.463 e. The van der Waals surface area contributed by atoms with Crippen molar-refractivity contribution in [3.63, 3.8) is 0 Å². The van der Waals surface area contributed by atoms with Gasteiger partial charge in [-0.2, -0.15) is 0 Å². The summed E-state index contributed by atoms with van der Waals surface area (Å²) in [6, 6.07) is 0. The Morgan fingerprint density at radius 2 is 2.08 bits per heavy atom. The average Bonchev–Trinajstić information content (AvgIpc) is 2.05. The third-order valence-corrected chi connectivity index (χ3v) is 1.66. The molecule has 1 atom stereocenters. The van der Waals surface area contributed by atoms with Crippen molar-refractivity contribution >= 4 is 5.97 Å². The smallest absolute Gasteiger partial charge is 0.308 e. The first-order chi connectivity index (χ1) is 5.72. The van der Waals surface area contributed by atoms with E-state index in [0.717, 1.165) is 12.8 Å². The van der Waals surface area contributed by atoms with Crippen molar-refractivity contribution in [3.05, 3.63) is 0 Å². The van der Waals surface area contributed by atoms with Crippen molar-refractivity contribution in [2.45, 2.75) is 26.7 Å². The van der Waals surface area contributed by atoms with E-state index in [9.17, 15) is 4.79 Å². The molecule has 72 valence electrons. The molecule has 3 nitrogen and oxygen atoms in total. The van der Waals surface area contributed by atoms with Crippen LogP contribution in [0.1, 0.15) is 26.7 Å². The van der Waals surface area contributed by atoms with E-state index in [2.05, 4.69) is 6.92 Å². The Labute approximate surface area is 74.0 Å². The van der Waals surface area contributed by atoms with E-state index in [4.69, 9.17) is 9.47 Å². The van der Waals surface area contributed by atoms with E-state index in [1.165, 1.54) is 0 Å². The van der Waals surface area contributed by atoms with E-state index in [-0.39, 0.29) is 11.9 Å². The summed E-state index contributed by atoms with van der Waals surface area (Å²) in [6.45, 7) is 4.78. The molecule has 0 amide bonds. The van der Waals surface area contributed by atoms with Gasteiger partial charge < -0.3 is 9.47 Å². The normalized spacial score (nSPS) is 12.6. The molecule has 0 aromatic carbocycles. The summed E-state index contributed by atoms with van der Waals surface area (Å²) in [7, 11) is 1.59. The predicted octanol–water partition coefficient (Wildman–Crippen LogP) is 1.61. The van der Waals surface area contributed by atoms with E-state index < -0.39 is 0 Å². The molecule has 0 aromatic rings. The van der Waals surface area contributed by atoms with Gasteiger partial charge in [0.2, 0.25) is 0 Å². The summed E-state index contributed by atoms with van der Waals surface area (Å²) in [6.07, 6.45) is 1.91. The summed E-state index contributed by atoms with van der Waals surface area (Å²) < 4.78 is 9.69. The second-order valence-corrected chi connectivity index (χ2v) is 2.85. The monoisotopic (exact) mass is 174 g/mol. The second-order valence-electron chi connectivity index (χ2n) is 2.85. The Balaban J connectivity index is 3.43. The van der Waals surface area contributed by atoms with Crippen molar-refractivity contribution < 1.29 is 14.3 Å². The molecule has 3 heteroatoms. The molecule has 0 radical (unpaired) electrons. The third kappa shape index (κ3) is 5.13. The fraction of sp³-hybridized carbons (Fsp3) is 0.889. The average molecular weight is 174 g/mol. The van der Waals surface area contributed by atoms with Gasteiger partial charge in [0.15, 0.2) is 0 Å². The molecule has 0 fully saturated rings. The highest BCUT2D eigenvalue weighted by atomic mass is 16.6. The molecule has 0 saturated heterocycles. The lowest BCUT2D eigenvalue weighted by atomic mass is 10.1. The van der Waals surface area contributed by atoms with Crippen molar-refractivity contribution in [2.75, 3.05) is 20.3 Å². The largest absolute Gasteiger partial charge is 0.463 e. The van der Waals surface area contributed by atoms with E-state index >= 15 is 0 Å². The van der Waals surface area contributed by atoms with Gasteiger partial charge in [-0.1, -0.05) is 20.3 Å². The van der Waals surface area contributed by atoms with Crippen LogP contribution in [-0.2, 0) is 14.3 Å². The van der Waals surface area contributed by atoms with E-state index in [1.54, 1.807) is 7.11 Å². The second kappa shape index (κ2) is 7.10. The van der Waals surface area contributed by atoms with Crippen LogP contribution in [0, 0.1) is 5.92 Å². The molecule has 1 unspecified atom stereocenters. The van der Waals surface area contributed by atoms with Gasteiger partial charge >= 0.3 is 5.97 Å². The molecule has 12 heavy (non-hydrogen) atoms. The van der Waals surface area contributed by atoms with Gasteiger partial charge in [-0.05, 0) is 6.42 Å². The van der Waals surface area contributed by atoms with Crippen LogP contribution in [0.4, 0.5) is 0 Å². The van der Waals surface area contributed by atoms with Gasteiger partial charge in [0.25, 0.3) is 0 Å². The van der Waals surface area contributed by atoms with Crippen molar-refractivity contribution in [1.29, 1.82) is 0 Å². The maximum absolute atomic E-state index is 11.1. The summed E-state index contributed by atoms with van der Waals surface area (Å²) in [5, 5.41) is 0. The van der Waals surface area contributed by atoms with Crippen molar-refractivity contribution in [1.82, 2.24) is 0 Å². The molecular weight excluding hydrogens is 156 g/mol. The highest BCUT2D eigenvalue weighted by molar-refractivity contribution is 5.71. The lowest BCUT2D eigenvalue weighted by molar-refractivity contribution is -0.149. The van der Waals surface area contributed by atoms with Crippen LogP contribution in [0.2, 0.25) is 0 Å². The van der Waals surface area contributed by atoms with E-state index in [1.807, 2.05) is 6.92 Å². The molecule has 0 aliphatic heterocycles. The first-order valence-electron chi connectivity index (χ1n) is 4.38. The van der Waals surface area contributed by atoms with Crippen LogP contribution >= 0.6 is 0 Å². The van der Waals surface area contributed by atoms with Crippen LogP contribution in [0.25, 0.3) is 0 Å². The lowest BCUT2D eigenvalue weighted by Gasteiger charge is -2.09. The number of hydrogen-bond acceptors (Lipinski definition) is 3. The van der Waals surface area contributed by atoms with Crippen molar-refractivity contribution in [3.8, 4) is 0 Å². The molecule has 0 rings (SSSR count). The number of ether oxygens (including phenoxy) is 2. The Hall–Kier alpha value is -0.570. The van der Waals surface area contributed by atoms with Crippen LogP contribution in [-0.4, -0.2) is 26.3 Å². The highest BCUT2D eigenvalue weighted by Crippen LogP contribution is 2.06. The highest BCUT2D eigenvalue weighted by Gasteiger charge is 2.12. The van der Waals surface area contributed by atoms with Crippen LogP contribution in [0.15, 0.2) is 0 Å². The first kappa shape index (κ1) is 11.4. The molecular formula is C9H18O3. The Kier molecular flexibility index (Phi) is 6.76. The Morgan fingerprint density at radius 1 is 1.42 bits per heavy atom. The number of esters is 1. The maximum atomic E-state index is 11.1. The van der Waals surface area contributed by atoms with Gasteiger partial charge in [0.05, 0.1) is 12.5 Å². The summed E-state index contributed by atoms with van der Waals surface area (Å²) >= 11 is 0. The fourth-order valence-electron chi connectivity index (χ4n) is 0.919. The molecule has 0 bridgehead atoms. The number of carbonyl (C=O) groups excluding carboxylic acids is 1. The summed E-state index contributed by atoms with van der Waals surface area (Å²) in [5.74, 6) is -0.0965. The van der Waals surface area contributed by atoms with Crippen molar-refractivity contribution in [2.24, 2.45) is 5.92 Å². The number of carbonyl (C=O) groups is 1. The van der Waals surface area contributed by atoms with Gasteiger partial charge in [-0.15, -0.1) is 0 Å². The lowest BCUT2D eigenvalue weighted by Crippen LogP contribution is -2.17. The molecule has 0 saturated carbocycles. The zero-order chi connectivity index (χ0) is 9.40. The summed E-state index contributed by atoms with van der Waals surface area (Å²) in [5.41, 5.74) is 0. The quantitative estimate of drug-likeness (QED) is 0.453. The zero-order valence-electron chi connectivity index (χ0n) is 8.13. The molecule has 0 aliphatic rings. The maximum Gasteiger partial charge on any atom is 0.308 e. The number of methoxy groups -OCH3 is 1. The van der Waals surface area contributed by atoms with E-state index in [0.29, 0.717) is 13.2 Å². The Morgan fingerprint density at radius 3 is 2.58 bits per heavy atom. The van der Waals surface area contributed by atoms with Crippen LogP contribution in [0.3, 0.4) is 0 Å². The van der Waals surface area contributed by atoms with Gasteiger partial charge in [-0.25, -0.2) is 0 Å². The number of hydrogen-bond donors (Lipinski definition) is 0. The minimum atomic E-state index is -0.117. The molecule has 0 N–H and O–H groups in total. The van der Waals surface area contributed by atoms with Crippen LogP contribution < -0.4 is 0 Å². The molecule has 0 aromatic heterocycles. The summed E-state index contributed by atoms with van der Waals surface area (Å²) in [4.78, 5) is 11.1. The standard InChI is InChI=1S/C9H18O3/c1-4-5-8(2)9(10)12-7-6-11-3/h8H,4-7H2,1-3H3. The van der Waals surface area contributed by atoms with Gasteiger partial charge in [-0.3, -0.25) is 4.79 Å². The first-order valence-corrected chi connectivity index (χ1v) is 4.38. The molecule has 0 spiro atoms. The topological polar surface area (TPSA) is 35.5 Å². The SMILES string of the molecule is CCCC(C)C(=O)OCCOC. The minimum absolute atomic E-state index is 0.0202. The van der Waals surface area contributed by atoms with Gasteiger partial charge in [0, 0.05) is 7.11 Å². The Bertz CT molecular complexity index is 123. The zero-order valence-corrected chi connectivity index (χ0v) is 8.13.